The summed E-state index contributed by atoms with van der Waals surface area (Å²) >= 11 is 1.60. The fourth-order valence-corrected chi connectivity index (χ4v) is 4.74. The number of anilines is 1. The summed E-state index contributed by atoms with van der Waals surface area (Å²) in [7, 11) is 1.32. The Morgan fingerprint density at radius 1 is 1.15 bits per heavy atom. The van der Waals surface area contributed by atoms with Crippen molar-refractivity contribution in [3.8, 4) is 0 Å². The number of carbonyl (C=O) groups excluding carboxylic acids is 3. The van der Waals surface area contributed by atoms with E-state index in [-0.39, 0.29) is 17.2 Å². The monoisotopic (exact) mass is 368 g/mol. The van der Waals surface area contributed by atoms with E-state index in [4.69, 9.17) is 0 Å². The standard InChI is InChI=1S/C19H16N2O4S/c1-25-19(24)11-6-8-12(9-7-11)20-16(22)15-10-26-18-14-5-3-2-4-13(14)17(23)21(15)18/h2-9,15,18H,10H2,1H3,(H,20,22)/t15-,18-/m1/s1. The molecule has 26 heavy (non-hydrogen) atoms. The van der Waals surface area contributed by atoms with Crippen molar-refractivity contribution in [2.45, 2.75) is 11.4 Å². The van der Waals surface area contributed by atoms with Gasteiger partial charge in [0.05, 0.1) is 12.7 Å². The van der Waals surface area contributed by atoms with Gasteiger partial charge in [-0.15, -0.1) is 11.8 Å². The molecule has 1 N–H and O–H groups in total. The number of hydrogen-bond acceptors (Lipinski definition) is 5. The predicted molar refractivity (Wildman–Crippen MR) is 98.0 cm³/mol. The zero-order valence-electron chi connectivity index (χ0n) is 14.0. The Labute approximate surface area is 154 Å². The summed E-state index contributed by atoms with van der Waals surface area (Å²) in [5, 5.41) is 2.73. The average molecular weight is 368 g/mol. The van der Waals surface area contributed by atoms with Crippen molar-refractivity contribution in [2.75, 3.05) is 18.2 Å². The van der Waals surface area contributed by atoms with E-state index >= 15 is 0 Å². The fourth-order valence-electron chi connectivity index (χ4n) is 3.28. The van der Waals surface area contributed by atoms with E-state index in [9.17, 15) is 14.4 Å². The molecule has 132 valence electrons. The molecule has 0 saturated carbocycles. The van der Waals surface area contributed by atoms with Crippen LogP contribution in [0, 0.1) is 0 Å². The van der Waals surface area contributed by atoms with Gasteiger partial charge < -0.3 is 15.0 Å². The zero-order valence-corrected chi connectivity index (χ0v) is 14.8. The molecule has 0 aliphatic carbocycles. The summed E-state index contributed by atoms with van der Waals surface area (Å²) in [5.74, 6) is -0.210. The number of hydrogen-bond donors (Lipinski definition) is 1. The van der Waals surface area contributed by atoms with Crippen molar-refractivity contribution in [1.29, 1.82) is 0 Å². The maximum absolute atomic E-state index is 12.7. The molecule has 1 saturated heterocycles. The Balaban J connectivity index is 1.50. The van der Waals surface area contributed by atoms with Crippen molar-refractivity contribution < 1.29 is 19.1 Å². The van der Waals surface area contributed by atoms with Crippen molar-refractivity contribution in [3.05, 3.63) is 65.2 Å². The number of esters is 1. The molecule has 2 heterocycles. The second kappa shape index (κ2) is 6.49. The van der Waals surface area contributed by atoms with Crippen molar-refractivity contribution in [1.82, 2.24) is 4.90 Å². The topological polar surface area (TPSA) is 75.7 Å². The van der Waals surface area contributed by atoms with E-state index in [1.807, 2.05) is 18.2 Å². The first kappa shape index (κ1) is 16.7. The van der Waals surface area contributed by atoms with E-state index in [2.05, 4.69) is 10.1 Å². The van der Waals surface area contributed by atoms with Gasteiger partial charge in [-0.05, 0) is 35.9 Å². The van der Waals surface area contributed by atoms with Gasteiger partial charge in [-0.3, -0.25) is 9.59 Å². The second-order valence-electron chi connectivity index (χ2n) is 6.06. The first-order valence-electron chi connectivity index (χ1n) is 8.12. The normalized spacial score (nSPS) is 20.5. The summed E-state index contributed by atoms with van der Waals surface area (Å²) in [6.45, 7) is 0. The molecule has 0 bridgehead atoms. The van der Waals surface area contributed by atoms with Crippen LogP contribution in [0.3, 0.4) is 0 Å². The maximum Gasteiger partial charge on any atom is 0.337 e. The predicted octanol–water partition coefficient (Wildman–Crippen LogP) is 2.68. The molecule has 6 nitrogen and oxygen atoms in total. The lowest BCUT2D eigenvalue weighted by atomic mass is 10.1. The number of methoxy groups -OCH3 is 1. The molecule has 0 aromatic heterocycles. The molecule has 2 aromatic carbocycles. The van der Waals surface area contributed by atoms with Crippen molar-refractivity contribution >= 4 is 35.2 Å². The van der Waals surface area contributed by atoms with E-state index in [1.165, 1.54) is 7.11 Å². The number of amides is 2. The molecule has 0 unspecified atom stereocenters. The van der Waals surface area contributed by atoms with Crippen LogP contribution in [0.2, 0.25) is 0 Å². The average Bonchev–Trinajstić information content (AvgIpc) is 3.22. The first-order chi connectivity index (χ1) is 12.6. The first-order valence-corrected chi connectivity index (χ1v) is 9.17. The highest BCUT2D eigenvalue weighted by molar-refractivity contribution is 7.99. The molecule has 2 aliphatic heterocycles. The summed E-state index contributed by atoms with van der Waals surface area (Å²) in [5.41, 5.74) is 2.62. The maximum atomic E-state index is 12.7. The molecule has 2 amide bonds. The lowest BCUT2D eigenvalue weighted by Gasteiger charge is -2.22. The number of benzene rings is 2. The van der Waals surface area contributed by atoms with Crippen LogP contribution < -0.4 is 5.32 Å². The summed E-state index contributed by atoms with van der Waals surface area (Å²) in [6.07, 6.45) is 0. The minimum absolute atomic E-state index is 0.100. The number of carbonyl (C=O) groups is 3. The highest BCUT2D eigenvalue weighted by Crippen LogP contribution is 2.48. The molecular formula is C19H16N2O4S. The van der Waals surface area contributed by atoms with Crippen molar-refractivity contribution in [2.24, 2.45) is 0 Å². The van der Waals surface area contributed by atoms with E-state index in [0.717, 1.165) is 5.56 Å². The van der Waals surface area contributed by atoms with Crippen LogP contribution in [-0.2, 0) is 9.53 Å². The van der Waals surface area contributed by atoms with Gasteiger partial charge in [0.1, 0.15) is 11.4 Å². The van der Waals surface area contributed by atoms with Gasteiger partial charge in [-0.25, -0.2) is 4.79 Å². The number of nitrogens with one attached hydrogen (secondary N) is 1. The quantitative estimate of drug-likeness (QED) is 0.843. The molecule has 0 radical (unpaired) electrons. The molecule has 2 aromatic rings. The minimum atomic E-state index is -0.523. The Morgan fingerprint density at radius 2 is 1.88 bits per heavy atom. The Kier molecular flexibility index (Phi) is 4.16. The third-order valence-electron chi connectivity index (χ3n) is 4.57. The van der Waals surface area contributed by atoms with Crippen LogP contribution >= 0.6 is 11.8 Å². The molecule has 7 heteroatoms. The molecule has 1 fully saturated rings. The number of fused-ring (bicyclic) bond motifs is 3. The number of thioether (sulfide) groups is 1. The van der Waals surface area contributed by atoms with Gasteiger partial charge in [0.15, 0.2) is 0 Å². The highest BCUT2D eigenvalue weighted by atomic mass is 32.2. The lowest BCUT2D eigenvalue weighted by molar-refractivity contribution is -0.119. The van der Waals surface area contributed by atoms with Gasteiger partial charge >= 0.3 is 5.97 Å². The number of ether oxygens (including phenoxy) is 1. The Morgan fingerprint density at radius 3 is 2.62 bits per heavy atom. The molecule has 4 rings (SSSR count). The van der Waals surface area contributed by atoms with Gasteiger partial charge in [0.2, 0.25) is 5.91 Å². The Hall–Kier alpha value is -2.80. The van der Waals surface area contributed by atoms with Crippen LogP contribution in [0.1, 0.15) is 31.7 Å². The molecule has 2 aliphatic rings. The van der Waals surface area contributed by atoms with E-state index in [1.54, 1.807) is 47.0 Å². The summed E-state index contributed by atoms with van der Waals surface area (Å²) in [4.78, 5) is 38.5. The van der Waals surface area contributed by atoms with Gasteiger partial charge in [-0.1, -0.05) is 18.2 Å². The second-order valence-corrected chi connectivity index (χ2v) is 7.17. The minimum Gasteiger partial charge on any atom is -0.465 e. The molecule has 2 atom stereocenters. The van der Waals surface area contributed by atoms with Gasteiger partial charge in [0.25, 0.3) is 5.91 Å². The van der Waals surface area contributed by atoms with Crippen LogP contribution in [0.15, 0.2) is 48.5 Å². The summed E-state index contributed by atoms with van der Waals surface area (Å²) < 4.78 is 4.66. The van der Waals surface area contributed by atoms with Crippen LogP contribution in [0.4, 0.5) is 5.69 Å². The molecular weight excluding hydrogens is 352 g/mol. The smallest absolute Gasteiger partial charge is 0.337 e. The summed E-state index contributed by atoms with van der Waals surface area (Å²) in [6, 6.07) is 13.4. The third-order valence-corrected chi connectivity index (χ3v) is 5.87. The van der Waals surface area contributed by atoms with Crippen LogP contribution in [0.25, 0.3) is 0 Å². The largest absolute Gasteiger partial charge is 0.465 e. The van der Waals surface area contributed by atoms with E-state index in [0.29, 0.717) is 22.6 Å². The zero-order chi connectivity index (χ0) is 18.3. The number of nitrogens with zero attached hydrogens (tertiary/aromatic N) is 1. The third kappa shape index (κ3) is 2.64. The highest BCUT2D eigenvalue weighted by Gasteiger charge is 2.48. The Bertz CT molecular complexity index is 897. The van der Waals surface area contributed by atoms with Crippen LogP contribution in [-0.4, -0.2) is 41.6 Å². The number of rotatable bonds is 3. The lowest BCUT2D eigenvalue weighted by Crippen LogP contribution is -2.42. The van der Waals surface area contributed by atoms with Gasteiger partial charge in [0, 0.05) is 17.0 Å². The van der Waals surface area contributed by atoms with Gasteiger partial charge in [-0.2, -0.15) is 0 Å². The molecule has 0 spiro atoms. The van der Waals surface area contributed by atoms with Crippen LogP contribution in [0.5, 0.6) is 0 Å². The fraction of sp³-hybridized carbons (Fsp3) is 0.211. The SMILES string of the molecule is COC(=O)c1ccc(NC(=O)[C@H]2CS[C@@H]3c4ccccc4C(=O)N23)cc1. The van der Waals surface area contributed by atoms with Crippen molar-refractivity contribution in [3.63, 3.8) is 0 Å². The van der Waals surface area contributed by atoms with E-state index < -0.39 is 12.0 Å².